The van der Waals surface area contributed by atoms with Gasteiger partial charge < -0.3 is 10.3 Å². The minimum Gasteiger partial charge on any atom is -0.361 e. The highest BCUT2D eigenvalue weighted by Gasteiger charge is 2.24. The van der Waals surface area contributed by atoms with Gasteiger partial charge in [-0.25, -0.2) is 4.79 Å². The number of aromatic amines is 2. The van der Waals surface area contributed by atoms with E-state index in [-0.39, 0.29) is 11.2 Å². The third kappa shape index (κ3) is 3.19. The standard InChI is InChI=1S/C20H25N5O2/c1-12(2)24-10-16-18(22-11-24)25(20(27)23-19(16)26)7-6-14-9-21-17-5-4-13(3)8-15(14)17/h4-5,8-9,12,21-22H,6-7,10-11H2,1-3H3,(H,23,26,27). The maximum Gasteiger partial charge on any atom is 0.329 e. The van der Waals surface area contributed by atoms with Gasteiger partial charge in [-0.2, -0.15) is 0 Å². The molecule has 0 atom stereocenters. The predicted molar refractivity (Wildman–Crippen MR) is 107 cm³/mol. The summed E-state index contributed by atoms with van der Waals surface area (Å²) in [6.45, 7) is 7.93. The topological polar surface area (TPSA) is 85.9 Å². The lowest BCUT2D eigenvalue weighted by Crippen LogP contribution is -2.45. The number of hydrogen-bond donors (Lipinski definition) is 3. The summed E-state index contributed by atoms with van der Waals surface area (Å²) in [5.74, 6) is 0.650. The molecular formula is C20H25N5O2. The number of aryl methyl sites for hydroxylation is 2. The van der Waals surface area contributed by atoms with E-state index in [4.69, 9.17) is 0 Å². The van der Waals surface area contributed by atoms with Crippen LogP contribution in [-0.4, -0.2) is 32.1 Å². The van der Waals surface area contributed by atoms with Gasteiger partial charge in [0, 0.05) is 36.2 Å². The average molecular weight is 367 g/mol. The van der Waals surface area contributed by atoms with Crippen LogP contribution in [0.2, 0.25) is 0 Å². The molecule has 7 nitrogen and oxygen atoms in total. The summed E-state index contributed by atoms with van der Waals surface area (Å²) in [6.07, 6.45) is 2.71. The largest absolute Gasteiger partial charge is 0.361 e. The molecule has 0 unspecified atom stereocenters. The maximum atomic E-state index is 12.5. The molecule has 0 fully saturated rings. The number of anilines is 1. The highest BCUT2D eigenvalue weighted by atomic mass is 16.2. The van der Waals surface area contributed by atoms with Crippen molar-refractivity contribution in [2.75, 3.05) is 12.0 Å². The lowest BCUT2D eigenvalue weighted by molar-refractivity contribution is 0.218. The van der Waals surface area contributed by atoms with E-state index in [2.05, 4.69) is 59.2 Å². The Kier molecular flexibility index (Phi) is 4.39. The maximum absolute atomic E-state index is 12.5. The van der Waals surface area contributed by atoms with Gasteiger partial charge in [-0.15, -0.1) is 0 Å². The number of rotatable bonds is 4. The first-order valence-corrected chi connectivity index (χ1v) is 9.34. The Morgan fingerprint density at radius 3 is 2.81 bits per heavy atom. The zero-order valence-electron chi connectivity index (χ0n) is 15.9. The van der Waals surface area contributed by atoms with Crippen LogP contribution in [0.4, 0.5) is 5.82 Å². The Morgan fingerprint density at radius 1 is 1.22 bits per heavy atom. The first-order chi connectivity index (χ1) is 12.9. The van der Waals surface area contributed by atoms with E-state index in [0.717, 1.165) is 5.52 Å². The van der Waals surface area contributed by atoms with E-state index in [1.165, 1.54) is 16.5 Å². The summed E-state index contributed by atoms with van der Waals surface area (Å²) in [5.41, 5.74) is 3.44. The van der Waals surface area contributed by atoms with Crippen molar-refractivity contribution in [1.29, 1.82) is 0 Å². The van der Waals surface area contributed by atoms with Gasteiger partial charge in [0.1, 0.15) is 5.82 Å². The summed E-state index contributed by atoms with van der Waals surface area (Å²) in [4.78, 5) is 32.7. The molecule has 1 aliphatic rings. The van der Waals surface area contributed by atoms with E-state index in [9.17, 15) is 9.59 Å². The molecule has 0 amide bonds. The fourth-order valence-corrected chi connectivity index (χ4v) is 3.71. The van der Waals surface area contributed by atoms with Crippen LogP contribution in [0.3, 0.4) is 0 Å². The molecule has 0 saturated heterocycles. The fraction of sp³-hybridized carbons (Fsp3) is 0.400. The molecule has 1 aromatic carbocycles. The van der Waals surface area contributed by atoms with Crippen molar-refractivity contribution >= 4 is 16.7 Å². The summed E-state index contributed by atoms with van der Waals surface area (Å²) >= 11 is 0. The van der Waals surface area contributed by atoms with Crippen molar-refractivity contribution in [3.05, 3.63) is 61.9 Å². The van der Waals surface area contributed by atoms with Crippen LogP contribution in [0.5, 0.6) is 0 Å². The monoisotopic (exact) mass is 367 g/mol. The van der Waals surface area contributed by atoms with Crippen LogP contribution < -0.4 is 16.6 Å². The first-order valence-electron chi connectivity index (χ1n) is 9.34. The molecule has 3 heterocycles. The van der Waals surface area contributed by atoms with Crippen molar-refractivity contribution in [2.45, 2.75) is 46.3 Å². The molecule has 0 aliphatic carbocycles. The molecule has 0 spiro atoms. The van der Waals surface area contributed by atoms with Crippen LogP contribution in [0, 0.1) is 6.92 Å². The van der Waals surface area contributed by atoms with E-state index < -0.39 is 0 Å². The quantitative estimate of drug-likeness (QED) is 0.660. The number of nitrogens with one attached hydrogen (secondary N) is 3. The minimum absolute atomic E-state index is 0.299. The van der Waals surface area contributed by atoms with Gasteiger partial charge in [0.05, 0.1) is 12.2 Å². The predicted octanol–water partition coefficient (Wildman–Crippen LogP) is 2.16. The van der Waals surface area contributed by atoms with Gasteiger partial charge in [0.15, 0.2) is 0 Å². The second-order valence-corrected chi connectivity index (χ2v) is 7.53. The van der Waals surface area contributed by atoms with Gasteiger partial charge in [-0.1, -0.05) is 11.6 Å². The van der Waals surface area contributed by atoms with Gasteiger partial charge in [0.25, 0.3) is 5.56 Å². The molecule has 0 saturated carbocycles. The SMILES string of the molecule is Cc1ccc2[nH]cc(CCn3c4c(c(=O)[nH]c3=O)CN(C(C)C)CN4)c2c1. The second kappa shape index (κ2) is 6.74. The molecule has 0 bridgehead atoms. The molecule has 1 aliphatic heterocycles. The van der Waals surface area contributed by atoms with Crippen molar-refractivity contribution in [3.8, 4) is 0 Å². The molecule has 3 N–H and O–H groups in total. The van der Waals surface area contributed by atoms with Crippen LogP contribution in [0.15, 0.2) is 34.0 Å². The summed E-state index contributed by atoms with van der Waals surface area (Å²) in [7, 11) is 0. The minimum atomic E-state index is -0.361. The van der Waals surface area contributed by atoms with Gasteiger partial charge in [-0.3, -0.25) is 19.2 Å². The Balaban J connectivity index is 1.66. The third-order valence-electron chi connectivity index (χ3n) is 5.36. The molecule has 3 aromatic rings. The first kappa shape index (κ1) is 17.6. The molecule has 4 rings (SSSR count). The van der Waals surface area contributed by atoms with Crippen molar-refractivity contribution in [3.63, 3.8) is 0 Å². The van der Waals surface area contributed by atoms with Gasteiger partial charge in [-0.05, 0) is 44.9 Å². The Hall–Kier alpha value is -2.80. The fourth-order valence-electron chi connectivity index (χ4n) is 3.71. The summed E-state index contributed by atoms with van der Waals surface area (Å²) in [5, 5.41) is 4.46. The van der Waals surface area contributed by atoms with E-state index in [0.29, 0.717) is 43.6 Å². The van der Waals surface area contributed by atoms with Crippen LogP contribution in [0.25, 0.3) is 10.9 Å². The van der Waals surface area contributed by atoms with E-state index in [1.54, 1.807) is 4.57 Å². The number of nitrogens with zero attached hydrogens (tertiary/aromatic N) is 2. The molecule has 0 radical (unpaired) electrons. The van der Waals surface area contributed by atoms with Crippen molar-refractivity contribution in [1.82, 2.24) is 19.4 Å². The lowest BCUT2D eigenvalue weighted by Gasteiger charge is -2.33. The number of aromatic nitrogens is 3. The Bertz CT molecular complexity index is 1110. The summed E-state index contributed by atoms with van der Waals surface area (Å²) < 4.78 is 1.66. The van der Waals surface area contributed by atoms with E-state index in [1.807, 2.05) is 6.20 Å². The zero-order chi connectivity index (χ0) is 19.1. The number of hydrogen-bond acceptors (Lipinski definition) is 4. The third-order valence-corrected chi connectivity index (χ3v) is 5.36. The second-order valence-electron chi connectivity index (χ2n) is 7.53. The van der Waals surface area contributed by atoms with Crippen LogP contribution in [0.1, 0.15) is 30.5 Å². The normalized spacial score (nSPS) is 14.5. The average Bonchev–Trinajstić information content (AvgIpc) is 3.03. The Morgan fingerprint density at radius 2 is 2.04 bits per heavy atom. The highest BCUT2D eigenvalue weighted by Crippen LogP contribution is 2.22. The highest BCUT2D eigenvalue weighted by molar-refractivity contribution is 5.83. The smallest absolute Gasteiger partial charge is 0.329 e. The van der Waals surface area contributed by atoms with Gasteiger partial charge in [0.2, 0.25) is 0 Å². The van der Waals surface area contributed by atoms with Gasteiger partial charge >= 0.3 is 5.69 Å². The molecule has 142 valence electrons. The molecule has 27 heavy (non-hydrogen) atoms. The summed E-state index contributed by atoms with van der Waals surface area (Å²) in [6, 6.07) is 6.63. The van der Waals surface area contributed by atoms with Crippen molar-refractivity contribution < 1.29 is 0 Å². The zero-order valence-corrected chi connectivity index (χ0v) is 15.9. The number of H-pyrrole nitrogens is 2. The van der Waals surface area contributed by atoms with Crippen molar-refractivity contribution in [2.24, 2.45) is 0 Å². The van der Waals surface area contributed by atoms with Crippen LogP contribution in [-0.2, 0) is 19.5 Å². The van der Waals surface area contributed by atoms with Crippen LogP contribution >= 0.6 is 0 Å². The Labute approximate surface area is 157 Å². The molecule has 7 heteroatoms. The van der Waals surface area contributed by atoms with E-state index >= 15 is 0 Å². The lowest BCUT2D eigenvalue weighted by atomic mass is 10.1. The molecule has 2 aromatic heterocycles. The number of fused-ring (bicyclic) bond motifs is 2. The number of benzene rings is 1. The molecular weight excluding hydrogens is 342 g/mol.